The van der Waals surface area contributed by atoms with Crippen molar-refractivity contribution in [2.75, 3.05) is 40.9 Å². The molecule has 7 rings (SSSR count). The number of carbonyl (C=O) groups is 5. The summed E-state index contributed by atoms with van der Waals surface area (Å²) in [5.41, 5.74) is 9.73. The Morgan fingerprint density at radius 1 is 1.09 bits per heavy atom. The highest BCUT2D eigenvalue weighted by atomic mass is 16.5. The van der Waals surface area contributed by atoms with E-state index in [0.29, 0.717) is 42.5 Å². The van der Waals surface area contributed by atoms with Gasteiger partial charge in [-0.1, -0.05) is 46.4 Å². The third-order valence-corrected chi connectivity index (χ3v) is 13.5. The van der Waals surface area contributed by atoms with E-state index in [9.17, 15) is 29.1 Å². The summed E-state index contributed by atoms with van der Waals surface area (Å²) in [6.07, 6.45) is 2.86. The van der Waals surface area contributed by atoms with Crippen LogP contribution in [0.15, 0.2) is 66.9 Å². The van der Waals surface area contributed by atoms with Crippen LogP contribution in [0.3, 0.4) is 0 Å². The first-order valence-electron chi connectivity index (χ1n) is 23.7. The van der Waals surface area contributed by atoms with E-state index < -0.39 is 47.2 Å². The van der Waals surface area contributed by atoms with Gasteiger partial charge in [0.1, 0.15) is 29.9 Å². The molecule has 4 aromatic rings. The molecule has 3 aliphatic heterocycles. The fourth-order valence-electron chi connectivity index (χ4n) is 9.78. The molecule has 3 aliphatic rings. The number of aromatic nitrogens is 2. The van der Waals surface area contributed by atoms with Gasteiger partial charge in [-0.3, -0.25) is 39.3 Å². The van der Waals surface area contributed by atoms with Gasteiger partial charge in [-0.15, -0.1) is 0 Å². The number of amides is 4. The maximum absolute atomic E-state index is 14.7. The van der Waals surface area contributed by atoms with Crippen molar-refractivity contribution in [3.05, 3.63) is 83.7 Å². The van der Waals surface area contributed by atoms with E-state index in [1.165, 1.54) is 21.9 Å². The zero-order valence-electron chi connectivity index (χ0n) is 41.1. The quantitative estimate of drug-likeness (QED) is 0.0817. The number of fused-ring (bicyclic) bond motifs is 6. The van der Waals surface area contributed by atoms with Crippen molar-refractivity contribution < 1.29 is 38.6 Å². The number of pyridine rings is 1. The van der Waals surface area contributed by atoms with Crippen molar-refractivity contribution in [1.82, 2.24) is 40.4 Å². The van der Waals surface area contributed by atoms with Crippen molar-refractivity contribution in [1.29, 1.82) is 0 Å². The van der Waals surface area contributed by atoms with Crippen LogP contribution in [0.4, 0.5) is 0 Å². The number of esters is 1. The van der Waals surface area contributed by atoms with E-state index >= 15 is 0 Å². The van der Waals surface area contributed by atoms with Gasteiger partial charge < -0.3 is 34.3 Å². The topological polar surface area (TPSA) is 198 Å². The van der Waals surface area contributed by atoms with E-state index in [-0.39, 0.29) is 61.9 Å². The summed E-state index contributed by atoms with van der Waals surface area (Å²) in [6.45, 7) is 18.6. The average molecular weight is 933 g/mol. The molecule has 2 saturated heterocycles. The zero-order valence-corrected chi connectivity index (χ0v) is 41.1. The van der Waals surface area contributed by atoms with Gasteiger partial charge >= 0.3 is 5.97 Å². The fourth-order valence-corrected chi connectivity index (χ4v) is 9.78. The SMILES string of the molecule is C=C(C)[C@@H](C(=O)N[C@H]1Cc2cc(O)cc(c2)-c2ccc3c(c2)c(c(-c2cccnc2[C@H](C)OC)n3CC)CC(C)(C)COC(=O)[C@@H]2CCCN(N2)C1=O)N(C)C(=O)CN(C)C(=O)[C@@H]1N[C@@H]1C(C)C. The molecule has 2 aromatic carbocycles. The van der Waals surface area contributed by atoms with E-state index in [2.05, 4.69) is 66.2 Å². The predicted molar refractivity (Wildman–Crippen MR) is 260 cm³/mol. The number of nitrogens with one attached hydrogen (secondary N) is 3. The second-order valence-electron chi connectivity index (χ2n) is 19.9. The molecule has 6 bridgehead atoms. The third kappa shape index (κ3) is 10.5. The maximum Gasteiger partial charge on any atom is 0.324 e. The Morgan fingerprint density at radius 3 is 2.51 bits per heavy atom. The Balaban J connectivity index is 1.28. The molecule has 16 heteroatoms. The largest absolute Gasteiger partial charge is 0.508 e. The highest BCUT2D eigenvalue weighted by Crippen LogP contribution is 2.42. The zero-order chi connectivity index (χ0) is 49.4. The van der Waals surface area contributed by atoms with Crippen molar-refractivity contribution in [2.45, 2.75) is 117 Å². The summed E-state index contributed by atoms with van der Waals surface area (Å²) in [5, 5.41) is 19.8. The molecule has 4 N–H and O–H groups in total. The van der Waals surface area contributed by atoms with E-state index in [1.54, 1.807) is 39.4 Å². The number of phenolic OH excluding ortho intramolecular Hbond substituents is 1. The van der Waals surface area contributed by atoms with Gasteiger partial charge in [0.15, 0.2) is 0 Å². The maximum atomic E-state index is 14.7. The molecule has 0 spiro atoms. The van der Waals surface area contributed by atoms with Crippen LogP contribution in [0, 0.1) is 11.3 Å². The Labute approximate surface area is 399 Å². The minimum absolute atomic E-state index is 0.0323. The third-order valence-electron chi connectivity index (χ3n) is 13.5. The molecule has 0 radical (unpaired) electrons. The van der Waals surface area contributed by atoms with Crippen molar-refractivity contribution in [3.8, 4) is 28.1 Å². The highest BCUT2D eigenvalue weighted by molar-refractivity contribution is 5.97. The molecule has 5 heterocycles. The lowest BCUT2D eigenvalue weighted by atomic mass is 9.84. The fraction of sp³-hybridized carbons (Fsp3) is 0.500. The van der Waals surface area contributed by atoms with Crippen LogP contribution in [0.5, 0.6) is 5.75 Å². The number of hydrogen-bond acceptors (Lipinski definition) is 11. The molecule has 2 fully saturated rings. The summed E-state index contributed by atoms with van der Waals surface area (Å²) < 4.78 is 14.2. The number of carbonyl (C=O) groups excluding carboxylic acids is 5. The number of benzene rings is 2. The monoisotopic (exact) mass is 933 g/mol. The number of methoxy groups -OCH3 is 1. The van der Waals surface area contributed by atoms with Gasteiger partial charge in [0.25, 0.3) is 5.91 Å². The number of aromatic hydroxyl groups is 1. The van der Waals surface area contributed by atoms with Gasteiger partial charge in [-0.25, -0.2) is 5.43 Å². The van der Waals surface area contributed by atoms with Crippen LogP contribution >= 0.6 is 0 Å². The van der Waals surface area contributed by atoms with Crippen LogP contribution in [-0.4, -0.2) is 130 Å². The summed E-state index contributed by atoms with van der Waals surface area (Å²) in [7, 11) is 4.69. The number of rotatable bonds is 12. The first kappa shape index (κ1) is 49.8. The molecule has 0 saturated carbocycles. The van der Waals surface area contributed by atoms with Gasteiger partial charge in [-0.05, 0) is 110 Å². The van der Waals surface area contributed by atoms with Gasteiger partial charge in [-0.2, -0.15) is 0 Å². The number of cyclic esters (lactones) is 1. The van der Waals surface area contributed by atoms with Crippen LogP contribution in [-0.2, 0) is 52.8 Å². The van der Waals surface area contributed by atoms with Crippen molar-refractivity contribution >= 4 is 40.5 Å². The summed E-state index contributed by atoms with van der Waals surface area (Å²) in [6, 6.07) is 11.7. The summed E-state index contributed by atoms with van der Waals surface area (Å²) in [5.74, 6) is -2.16. The minimum atomic E-state index is -1.22. The molecule has 0 aliphatic carbocycles. The van der Waals surface area contributed by atoms with E-state index in [4.69, 9.17) is 14.5 Å². The number of phenols is 1. The standard InChI is InChI=1S/C52H68N8O8/c1-12-59-41-18-17-33-25-37(41)38(47(59)36-15-13-19-53-44(36)31(6)67-11)26-52(7,8)28-68-51(66)39-16-14-20-60(56-39)49(64)40(23-32-21-34(33)24-35(61)22-32)54-48(63)46(30(4)5)58(10)42(62)27-57(9)50(65)45-43(55-45)29(2)3/h13,15,17-19,21-22,24-25,29,31,39-40,43,45-46,55-56,61H,4,12,14,16,20,23,26-28H2,1-3,5-11H3,(H,54,63)/t31-,39-,40-,43+,45+,46-/m0/s1. The van der Waals surface area contributed by atoms with Gasteiger partial charge in [0.2, 0.25) is 17.7 Å². The number of likely N-dealkylation sites (N-methyl/N-ethyl adjacent to an activating group) is 2. The second-order valence-corrected chi connectivity index (χ2v) is 19.9. The van der Waals surface area contributed by atoms with Crippen molar-refractivity contribution in [3.63, 3.8) is 0 Å². The Morgan fingerprint density at radius 2 is 1.84 bits per heavy atom. The molecular weight excluding hydrogens is 865 g/mol. The summed E-state index contributed by atoms with van der Waals surface area (Å²) in [4.78, 5) is 77.3. The average Bonchev–Trinajstić information content (AvgIpc) is 4.06. The lowest BCUT2D eigenvalue weighted by Gasteiger charge is -2.36. The molecule has 4 amide bonds. The number of aryl methyl sites for hydroxylation is 1. The lowest BCUT2D eigenvalue weighted by molar-refractivity contribution is -0.155. The smallest absolute Gasteiger partial charge is 0.324 e. The molecule has 2 aromatic heterocycles. The minimum Gasteiger partial charge on any atom is -0.508 e. The number of hydrogen-bond donors (Lipinski definition) is 4. The van der Waals surface area contributed by atoms with Crippen LogP contribution < -0.4 is 16.1 Å². The Kier molecular flexibility index (Phi) is 14.8. The Bertz CT molecular complexity index is 2600. The van der Waals surface area contributed by atoms with Gasteiger partial charge in [0.05, 0.1) is 30.6 Å². The molecule has 6 atom stereocenters. The molecular formula is C52H68N8O8. The van der Waals surface area contributed by atoms with Crippen LogP contribution in [0.25, 0.3) is 33.3 Å². The molecule has 68 heavy (non-hydrogen) atoms. The lowest BCUT2D eigenvalue weighted by Crippen LogP contribution is -2.62. The normalized spacial score (nSPS) is 21.4. The Hall–Kier alpha value is -6.10. The number of nitrogens with zero attached hydrogens (tertiary/aromatic N) is 5. The van der Waals surface area contributed by atoms with Crippen LogP contribution in [0.2, 0.25) is 0 Å². The highest BCUT2D eigenvalue weighted by Gasteiger charge is 2.46. The van der Waals surface area contributed by atoms with Crippen molar-refractivity contribution in [2.24, 2.45) is 11.3 Å². The summed E-state index contributed by atoms with van der Waals surface area (Å²) >= 11 is 0. The van der Waals surface area contributed by atoms with E-state index in [1.807, 2.05) is 39.0 Å². The molecule has 16 nitrogen and oxygen atoms in total. The second kappa shape index (κ2) is 20.2. The number of hydrazine groups is 1. The first-order chi connectivity index (χ1) is 32.2. The molecule has 364 valence electrons. The van der Waals surface area contributed by atoms with Gasteiger partial charge in [0, 0.05) is 74.8 Å². The predicted octanol–water partition coefficient (Wildman–Crippen LogP) is 5.31. The van der Waals surface area contributed by atoms with Crippen LogP contribution in [0.1, 0.15) is 84.2 Å². The molecule has 0 unspecified atom stereocenters. The van der Waals surface area contributed by atoms with E-state index in [0.717, 1.165) is 39.0 Å². The first-order valence-corrected chi connectivity index (χ1v) is 23.7. The number of ether oxygens (including phenoxy) is 2.